The predicted octanol–water partition coefficient (Wildman–Crippen LogP) is 5.03. The van der Waals surface area contributed by atoms with Crippen LogP contribution in [0.15, 0.2) is 0 Å². The van der Waals surface area contributed by atoms with Gasteiger partial charge in [-0.2, -0.15) is 0 Å². The predicted molar refractivity (Wildman–Crippen MR) is 69.3 cm³/mol. The molecule has 5 atom stereocenters. The van der Waals surface area contributed by atoms with E-state index in [1.54, 1.807) is 51.4 Å². The van der Waals surface area contributed by atoms with Crippen LogP contribution < -0.4 is 0 Å². The van der Waals surface area contributed by atoms with Crippen molar-refractivity contribution < 1.29 is 0 Å². The number of hydrogen-bond acceptors (Lipinski definition) is 0. The van der Waals surface area contributed by atoms with Gasteiger partial charge in [0.2, 0.25) is 0 Å². The van der Waals surface area contributed by atoms with E-state index in [0.717, 1.165) is 29.6 Å². The molecule has 0 bridgehead atoms. The molecule has 92 valence electrons. The van der Waals surface area contributed by atoms with E-state index in [-0.39, 0.29) is 0 Å². The highest BCUT2D eigenvalue weighted by atomic mass is 14.5. The average Bonchev–Trinajstić information content (AvgIpc) is 2.38. The SMILES string of the molecule is CC[C@H]1CCC2C(CCC3CCCCC32)C1. The monoisotopic (exact) mass is 220 g/mol. The van der Waals surface area contributed by atoms with Crippen molar-refractivity contribution in [1.82, 2.24) is 0 Å². The summed E-state index contributed by atoms with van der Waals surface area (Å²) in [5.74, 6) is 5.68. The molecule has 4 unspecified atom stereocenters. The van der Waals surface area contributed by atoms with Crippen LogP contribution in [0.3, 0.4) is 0 Å². The second kappa shape index (κ2) is 4.70. The zero-order valence-electron chi connectivity index (χ0n) is 11.0. The molecule has 3 rings (SSSR count). The van der Waals surface area contributed by atoms with Crippen LogP contribution in [-0.2, 0) is 0 Å². The van der Waals surface area contributed by atoms with Crippen LogP contribution in [0.1, 0.15) is 71.1 Å². The lowest BCUT2D eigenvalue weighted by Gasteiger charge is -2.49. The third-order valence-corrected chi connectivity index (χ3v) is 6.15. The van der Waals surface area contributed by atoms with Gasteiger partial charge >= 0.3 is 0 Å². The summed E-state index contributed by atoms with van der Waals surface area (Å²) in [6, 6.07) is 0. The molecule has 0 nitrogen and oxygen atoms in total. The molecule has 0 N–H and O–H groups in total. The zero-order valence-corrected chi connectivity index (χ0v) is 11.0. The van der Waals surface area contributed by atoms with E-state index in [9.17, 15) is 0 Å². The second-order valence-corrected chi connectivity index (χ2v) is 6.80. The van der Waals surface area contributed by atoms with E-state index in [1.165, 1.54) is 12.8 Å². The Hall–Kier alpha value is 0. The Bertz CT molecular complexity index is 232. The van der Waals surface area contributed by atoms with E-state index in [4.69, 9.17) is 0 Å². The van der Waals surface area contributed by atoms with Crippen LogP contribution in [-0.4, -0.2) is 0 Å². The Labute approximate surface area is 101 Å². The number of fused-ring (bicyclic) bond motifs is 3. The summed E-state index contributed by atoms with van der Waals surface area (Å²) in [5, 5.41) is 0. The van der Waals surface area contributed by atoms with E-state index in [2.05, 4.69) is 6.92 Å². The van der Waals surface area contributed by atoms with Crippen LogP contribution in [0, 0.1) is 29.6 Å². The maximum absolute atomic E-state index is 2.40. The maximum Gasteiger partial charge on any atom is -0.0355 e. The fourth-order valence-corrected chi connectivity index (χ4v) is 5.24. The molecule has 0 saturated heterocycles. The summed E-state index contributed by atoms with van der Waals surface area (Å²) in [5.41, 5.74) is 0. The summed E-state index contributed by atoms with van der Waals surface area (Å²) in [6.07, 6.45) is 15.6. The van der Waals surface area contributed by atoms with Gasteiger partial charge in [0.1, 0.15) is 0 Å². The van der Waals surface area contributed by atoms with Gasteiger partial charge in [0.25, 0.3) is 0 Å². The van der Waals surface area contributed by atoms with Crippen molar-refractivity contribution in [3.63, 3.8) is 0 Å². The fraction of sp³-hybridized carbons (Fsp3) is 1.00. The number of hydrogen-bond donors (Lipinski definition) is 0. The molecule has 0 radical (unpaired) electrons. The standard InChI is InChI=1S/C16H28/c1-2-12-7-10-16-14(11-12)9-8-13-5-3-4-6-15(13)16/h12-16H,2-11H2,1H3/t12-,13?,14?,15?,16?/m0/s1. The van der Waals surface area contributed by atoms with Crippen molar-refractivity contribution in [2.75, 3.05) is 0 Å². The van der Waals surface area contributed by atoms with Crippen molar-refractivity contribution in [1.29, 1.82) is 0 Å². The van der Waals surface area contributed by atoms with Gasteiger partial charge in [-0.25, -0.2) is 0 Å². The first-order chi connectivity index (χ1) is 7.88. The Kier molecular flexibility index (Phi) is 3.27. The van der Waals surface area contributed by atoms with Crippen molar-refractivity contribution in [2.45, 2.75) is 71.1 Å². The van der Waals surface area contributed by atoms with Gasteiger partial charge in [0.15, 0.2) is 0 Å². The lowest BCUT2D eigenvalue weighted by molar-refractivity contribution is 0.0112. The summed E-state index contributed by atoms with van der Waals surface area (Å²) in [6.45, 7) is 2.40. The molecule has 0 amide bonds. The molecule has 3 aliphatic rings. The molecule has 0 aromatic heterocycles. The van der Waals surface area contributed by atoms with E-state index >= 15 is 0 Å². The Morgan fingerprint density at radius 1 is 0.750 bits per heavy atom. The lowest BCUT2D eigenvalue weighted by atomic mass is 9.56. The summed E-state index contributed by atoms with van der Waals surface area (Å²) < 4.78 is 0. The third kappa shape index (κ3) is 1.93. The Balaban J connectivity index is 1.68. The molecule has 0 aromatic rings. The zero-order chi connectivity index (χ0) is 11.0. The van der Waals surface area contributed by atoms with Crippen LogP contribution in [0.5, 0.6) is 0 Å². The molecular weight excluding hydrogens is 192 g/mol. The summed E-state index contributed by atoms with van der Waals surface area (Å²) in [7, 11) is 0. The van der Waals surface area contributed by atoms with E-state index in [1.807, 2.05) is 0 Å². The molecule has 0 spiro atoms. The Morgan fingerprint density at radius 2 is 1.50 bits per heavy atom. The first kappa shape index (κ1) is 11.1. The van der Waals surface area contributed by atoms with Gasteiger partial charge in [0.05, 0.1) is 0 Å². The van der Waals surface area contributed by atoms with Crippen molar-refractivity contribution >= 4 is 0 Å². The van der Waals surface area contributed by atoms with Crippen molar-refractivity contribution in [3.8, 4) is 0 Å². The average molecular weight is 220 g/mol. The molecular formula is C16H28. The normalized spacial score (nSPS) is 48.2. The Morgan fingerprint density at radius 3 is 2.38 bits per heavy atom. The molecule has 3 saturated carbocycles. The quantitative estimate of drug-likeness (QED) is 0.581. The fourth-order valence-electron chi connectivity index (χ4n) is 5.24. The first-order valence-corrected chi connectivity index (χ1v) is 7.88. The molecule has 0 aliphatic heterocycles. The van der Waals surface area contributed by atoms with Crippen LogP contribution in [0.4, 0.5) is 0 Å². The number of rotatable bonds is 1. The van der Waals surface area contributed by atoms with Crippen molar-refractivity contribution in [3.05, 3.63) is 0 Å². The molecule has 3 aliphatic carbocycles. The van der Waals surface area contributed by atoms with E-state index < -0.39 is 0 Å². The van der Waals surface area contributed by atoms with Gasteiger partial charge in [-0.3, -0.25) is 0 Å². The summed E-state index contributed by atoms with van der Waals surface area (Å²) >= 11 is 0. The second-order valence-electron chi connectivity index (χ2n) is 6.80. The van der Waals surface area contributed by atoms with Gasteiger partial charge in [0, 0.05) is 0 Å². The van der Waals surface area contributed by atoms with Crippen molar-refractivity contribution in [2.24, 2.45) is 29.6 Å². The molecule has 16 heavy (non-hydrogen) atoms. The van der Waals surface area contributed by atoms with Crippen LogP contribution >= 0.6 is 0 Å². The first-order valence-electron chi connectivity index (χ1n) is 7.88. The lowest BCUT2D eigenvalue weighted by Crippen LogP contribution is -2.39. The topological polar surface area (TPSA) is 0 Å². The van der Waals surface area contributed by atoms with Gasteiger partial charge in [-0.05, 0) is 61.7 Å². The van der Waals surface area contributed by atoms with Crippen LogP contribution in [0.2, 0.25) is 0 Å². The minimum absolute atomic E-state index is 1.08. The molecule has 0 heteroatoms. The third-order valence-electron chi connectivity index (χ3n) is 6.15. The minimum Gasteiger partial charge on any atom is -0.0651 e. The highest BCUT2D eigenvalue weighted by Gasteiger charge is 2.42. The largest absolute Gasteiger partial charge is 0.0651 e. The summed E-state index contributed by atoms with van der Waals surface area (Å²) in [4.78, 5) is 0. The molecule has 0 aromatic carbocycles. The van der Waals surface area contributed by atoms with E-state index in [0.29, 0.717) is 0 Å². The highest BCUT2D eigenvalue weighted by molar-refractivity contribution is 4.92. The maximum atomic E-state index is 2.40. The minimum atomic E-state index is 1.08. The molecule has 0 heterocycles. The van der Waals surface area contributed by atoms with Gasteiger partial charge in [-0.15, -0.1) is 0 Å². The van der Waals surface area contributed by atoms with Crippen LogP contribution in [0.25, 0.3) is 0 Å². The van der Waals surface area contributed by atoms with Gasteiger partial charge in [-0.1, -0.05) is 39.0 Å². The van der Waals surface area contributed by atoms with Gasteiger partial charge < -0.3 is 0 Å². The smallest absolute Gasteiger partial charge is 0.0355 e. The molecule has 3 fully saturated rings. The highest BCUT2D eigenvalue weighted by Crippen LogP contribution is 2.52.